The summed E-state index contributed by atoms with van der Waals surface area (Å²) in [6.45, 7) is 5.86. The Bertz CT molecular complexity index is 1240. The molecule has 4 heterocycles. The van der Waals surface area contributed by atoms with Gasteiger partial charge in [0.25, 0.3) is 0 Å². The second-order valence-electron chi connectivity index (χ2n) is 8.20. The van der Waals surface area contributed by atoms with E-state index in [0.717, 1.165) is 43.6 Å². The fourth-order valence-electron chi connectivity index (χ4n) is 4.04. The van der Waals surface area contributed by atoms with Crippen LogP contribution in [0.5, 0.6) is 0 Å². The van der Waals surface area contributed by atoms with Crippen molar-refractivity contribution in [1.82, 2.24) is 35.1 Å². The van der Waals surface area contributed by atoms with Crippen LogP contribution in [0.3, 0.4) is 0 Å². The first kappa shape index (κ1) is 19.7. The second-order valence-corrected chi connectivity index (χ2v) is 8.20. The number of aromatic amines is 1. The molecule has 7 nitrogen and oxygen atoms in total. The molecule has 1 aliphatic rings. The predicted molar refractivity (Wildman–Crippen MR) is 113 cm³/mol. The van der Waals surface area contributed by atoms with Crippen LogP contribution in [0.2, 0.25) is 0 Å². The number of rotatable bonds is 4. The normalized spacial score (nSPS) is 15.3. The first-order valence-electron chi connectivity index (χ1n) is 10.5. The van der Waals surface area contributed by atoms with Crippen LogP contribution in [0.25, 0.3) is 28.3 Å². The maximum atomic E-state index is 14.7. The molecule has 0 amide bonds. The van der Waals surface area contributed by atoms with E-state index in [2.05, 4.69) is 20.5 Å². The number of benzene rings is 1. The Morgan fingerprint density at radius 1 is 1.06 bits per heavy atom. The molecule has 0 spiro atoms. The van der Waals surface area contributed by atoms with E-state index in [0.29, 0.717) is 22.7 Å². The molecule has 31 heavy (non-hydrogen) atoms. The van der Waals surface area contributed by atoms with Gasteiger partial charge in [0.05, 0.1) is 5.69 Å². The lowest BCUT2D eigenvalue weighted by Crippen LogP contribution is -2.27. The highest BCUT2D eigenvalue weighted by atomic mass is 19.1. The number of hydrogen-bond donors (Lipinski definition) is 2. The third-order valence-electron chi connectivity index (χ3n) is 5.69. The molecule has 0 saturated carbocycles. The fraction of sp³-hybridized carbons (Fsp3) is 0.364. The van der Waals surface area contributed by atoms with Crippen LogP contribution in [0.1, 0.15) is 50.2 Å². The average molecular weight is 423 g/mol. The van der Waals surface area contributed by atoms with E-state index >= 15 is 0 Å². The van der Waals surface area contributed by atoms with Crippen molar-refractivity contribution in [3.05, 3.63) is 53.6 Å². The van der Waals surface area contributed by atoms with E-state index in [1.807, 2.05) is 26.0 Å². The Kier molecular flexibility index (Phi) is 4.97. The molecule has 5 rings (SSSR count). The molecule has 0 bridgehead atoms. The van der Waals surface area contributed by atoms with Crippen LogP contribution < -0.4 is 5.32 Å². The molecule has 0 radical (unpaired) electrons. The van der Waals surface area contributed by atoms with E-state index in [1.165, 1.54) is 12.1 Å². The van der Waals surface area contributed by atoms with Gasteiger partial charge < -0.3 is 10.3 Å². The Morgan fingerprint density at radius 2 is 1.87 bits per heavy atom. The smallest absolute Gasteiger partial charge is 0.177 e. The Balaban J connectivity index is 1.68. The summed E-state index contributed by atoms with van der Waals surface area (Å²) in [5.74, 6) is 0.635. The molecule has 0 aliphatic carbocycles. The van der Waals surface area contributed by atoms with Crippen LogP contribution in [-0.2, 0) is 0 Å². The van der Waals surface area contributed by atoms with Crippen molar-refractivity contribution in [2.45, 2.75) is 38.5 Å². The Morgan fingerprint density at radius 3 is 2.61 bits per heavy atom. The molecule has 4 aromatic rings. The van der Waals surface area contributed by atoms with Gasteiger partial charge in [-0.15, -0.1) is 10.2 Å². The molecule has 2 N–H and O–H groups in total. The minimum absolute atomic E-state index is 0.138. The van der Waals surface area contributed by atoms with Crippen LogP contribution >= 0.6 is 0 Å². The number of hydrogen-bond acceptors (Lipinski definition) is 5. The van der Waals surface area contributed by atoms with E-state index < -0.39 is 11.6 Å². The highest BCUT2D eigenvalue weighted by Gasteiger charge is 2.24. The summed E-state index contributed by atoms with van der Waals surface area (Å²) in [5, 5.41) is 16.5. The Labute approximate surface area is 177 Å². The zero-order chi connectivity index (χ0) is 21.5. The monoisotopic (exact) mass is 423 g/mol. The van der Waals surface area contributed by atoms with Gasteiger partial charge >= 0.3 is 0 Å². The van der Waals surface area contributed by atoms with Gasteiger partial charge in [-0.25, -0.2) is 13.8 Å². The lowest BCUT2D eigenvalue weighted by molar-refractivity contribution is 0.447. The van der Waals surface area contributed by atoms with Crippen molar-refractivity contribution < 1.29 is 8.78 Å². The first-order chi connectivity index (χ1) is 15.0. The zero-order valence-electron chi connectivity index (χ0n) is 17.4. The maximum Gasteiger partial charge on any atom is 0.177 e. The van der Waals surface area contributed by atoms with Gasteiger partial charge in [0.1, 0.15) is 28.8 Å². The molecule has 160 valence electrons. The predicted octanol–water partition coefficient (Wildman–Crippen LogP) is 4.05. The summed E-state index contributed by atoms with van der Waals surface area (Å²) in [4.78, 5) is 8.17. The van der Waals surface area contributed by atoms with Crippen LogP contribution in [0.15, 0.2) is 30.3 Å². The van der Waals surface area contributed by atoms with E-state index in [9.17, 15) is 8.78 Å². The number of halogens is 2. The van der Waals surface area contributed by atoms with Crippen LogP contribution in [-0.4, -0.2) is 42.9 Å². The summed E-state index contributed by atoms with van der Waals surface area (Å²) in [6, 6.07) is 7.20. The minimum atomic E-state index is -0.655. The number of nitrogens with zero attached hydrogens (tertiary/aromatic N) is 5. The summed E-state index contributed by atoms with van der Waals surface area (Å²) >= 11 is 0. The molecule has 3 aromatic heterocycles. The summed E-state index contributed by atoms with van der Waals surface area (Å²) in [6.07, 6.45) is 1.88. The zero-order valence-corrected chi connectivity index (χ0v) is 17.4. The number of aromatic nitrogens is 6. The SMILES string of the molecule is CC(C)c1nnc2ccc(-c3[nH]c(C4CCNCC4)nc3-c3ccc(F)cc3F)nn12. The van der Waals surface area contributed by atoms with Gasteiger partial charge in [0.2, 0.25) is 0 Å². The van der Waals surface area contributed by atoms with Crippen molar-refractivity contribution in [2.24, 2.45) is 0 Å². The maximum absolute atomic E-state index is 14.7. The number of H-pyrrole nitrogens is 1. The summed E-state index contributed by atoms with van der Waals surface area (Å²) in [5.41, 5.74) is 2.50. The van der Waals surface area contributed by atoms with E-state index in [-0.39, 0.29) is 17.4 Å². The van der Waals surface area contributed by atoms with E-state index in [4.69, 9.17) is 10.1 Å². The molecular formula is C22H23F2N7. The molecular weight excluding hydrogens is 400 g/mol. The fourth-order valence-corrected chi connectivity index (χ4v) is 4.04. The molecule has 0 atom stereocenters. The largest absolute Gasteiger partial charge is 0.340 e. The molecule has 1 aromatic carbocycles. The highest BCUT2D eigenvalue weighted by molar-refractivity contribution is 5.77. The topological polar surface area (TPSA) is 83.8 Å². The lowest BCUT2D eigenvalue weighted by Gasteiger charge is -2.20. The molecule has 0 unspecified atom stereocenters. The van der Waals surface area contributed by atoms with Crippen molar-refractivity contribution in [3.8, 4) is 22.6 Å². The Hall–Kier alpha value is -3.20. The third kappa shape index (κ3) is 3.59. The lowest BCUT2D eigenvalue weighted by atomic mass is 9.98. The van der Waals surface area contributed by atoms with Crippen molar-refractivity contribution in [2.75, 3.05) is 13.1 Å². The van der Waals surface area contributed by atoms with Crippen molar-refractivity contribution in [1.29, 1.82) is 0 Å². The summed E-state index contributed by atoms with van der Waals surface area (Å²) in [7, 11) is 0. The standard InChI is InChI=1S/C22H23F2N7/c1-12(2)22-29-28-18-6-5-17(30-31(18)22)20-19(15-4-3-14(23)11-16(15)24)26-21(27-20)13-7-9-25-10-8-13/h3-6,11-13,25H,7-10H2,1-2H3,(H,26,27). The average Bonchev–Trinajstić information content (AvgIpc) is 3.38. The van der Waals surface area contributed by atoms with Crippen molar-refractivity contribution >= 4 is 5.65 Å². The first-order valence-corrected chi connectivity index (χ1v) is 10.5. The van der Waals surface area contributed by atoms with Crippen LogP contribution in [0.4, 0.5) is 8.78 Å². The number of nitrogens with one attached hydrogen (secondary N) is 2. The third-order valence-corrected chi connectivity index (χ3v) is 5.69. The minimum Gasteiger partial charge on any atom is -0.340 e. The molecule has 9 heteroatoms. The second kappa shape index (κ2) is 7.81. The van der Waals surface area contributed by atoms with Crippen molar-refractivity contribution in [3.63, 3.8) is 0 Å². The quantitative estimate of drug-likeness (QED) is 0.517. The van der Waals surface area contributed by atoms with Gasteiger partial charge in [-0.3, -0.25) is 0 Å². The van der Waals surface area contributed by atoms with Gasteiger partial charge in [-0.2, -0.15) is 9.61 Å². The molecule has 1 aliphatic heterocycles. The molecule has 1 fully saturated rings. The number of fused-ring (bicyclic) bond motifs is 1. The van der Waals surface area contributed by atoms with Crippen LogP contribution in [0, 0.1) is 11.6 Å². The highest BCUT2D eigenvalue weighted by Crippen LogP contribution is 2.34. The van der Waals surface area contributed by atoms with Gasteiger partial charge in [0.15, 0.2) is 11.5 Å². The summed E-state index contributed by atoms with van der Waals surface area (Å²) < 4.78 is 29.9. The number of imidazole rings is 1. The van der Waals surface area contributed by atoms with Gasteiger partial charge in [-0.05, 0) is 50.2 Å². The van der Waals surface area contributed by atoms with Gasteiger partial charge in [0, 0.05) is 23.5 Å². The van der Waals surface area contributed by atoms with E-state index in [1.54, 1.807) is 4.52 Å². The van der Waals surface area contributed by atoms with Gasteiger partial charge in [-0.1, -0.05) is 13.8 Å². The molecule has 1 saturated heterocycles. The number of piperidine rings is 1.